The molecule has 2 aliphatic rings. The molecule has 108 valence electrons. The van der Waals surface area contributed by atoms with Crippen molar-refractivity contribution in [1.29, 1.82) is 0 Å². The van der Waals surface area contributed by atoms with Crippen LogP contribution >= 0.6 is 0 Å². The third kappa shape index (κ3) is 2.35. The minimum absolute atomic E-state index is 0.676. The highest BCUT2D eigenvalue weighted by Gasteiger charge is 2.35. The quantitative estimate of drug-likeness (QED) is 0.837. The minimum Gasteiger partial charge on any atom is -0.479 e. The Bertz CT molecular complexity index is 512. The van der Waals surface area contributed by atoms with Crippen molar-refractivity contribution in [2.24, 2.45) is 17.8 Å². The lowest BCUT2D eigenvalue weighted by Gasteiger charge is -2.23. The molecule has 1 aromatic rings. The number of hydrogen-bond acceptors (Lipinski definition) is 4. The Balaban J connectivity index is 1.74. The normalized spacial score (nSPS) is 26.9. The summed E-state index contributed by atoms with van der Waals surface area (Å²) in [6, 6.07) is 2.02. The molecule has 2 bridgehead atoms. The molecule has 0 aromatic carbocycles. The molecule has 1 saturated carbocycles. The minimum atomic E-state index is 0.676. The summed E-state index contributed by atoms with van der Waals surface area (Å²) in [4.78, 5) is 6.40. The lowest BCUT2D eigenvalue weighted by Crippen LogP contribution is -2.20. The van der Waals surface area contributed by atoms with E-state index in [-0.39, 0.29) is 0 Å². The molecular weight excluding hydrogens is 250 g/mol. The highest BCUT2D eigenvalue weighted by Crippen LogP contribution is 2.44. The lowest BCUT2D eigenvalue weighted by molar-refractivity contribution is 0.398. The van der Waals surface area contributed by atoms with E-state index in [2.05, 4.69) is 27.4 Å². The van der Waals surface area contributed by atoms with Crippen LogP contribution in [0.25, 0.3) is 0 Å². The second-order valence-corrected chi connectivity index (χ2v) is 6.03. The van der Waals surface area contributed by atoms with Crippen LogP contribution in [0.2, 0.25) is 0 Å². The monoisotopic (exact) mass is 273 g/mol. The van der Waals surface area contributed by atoms with Gasteiger partial charge in [0, 0.05) is 26.8 Å². The number of hydrogen-bond donors (Lipinski definition) is 1. The number of methoxy groups -OCH3 is 1. The Hall–Kier alpha value is -1.71. The van der Waals surface area contributed by atoms with Gasteiger partial charge in [-0.05, 0) is 36.7 Å². The zero-order valence-corrected chi connectivity index (χ0v) is 12.5. The maximum atomic E-state index is 5.40. The summed E-state index contributed by atoms with van der Waals surface area (Å²) >= 11 is 0. The molecule has 20 heavy (non-hydrogen) atoms. The number of anilines is 2. The van der Waals surface area contributed by atoms with Gasteiger partial charge in [-0.3, -0.25) is 0 Å². The summed E-state index contributed by atoms with van der Waals surface area (Å²) in [6.45, 7) is 0.994. The molecule has 1 heterocycles. The number of rotatable bonds is 5. The van der Waals surface area contributed by atoms with Gasteiger partial charge in [0.05, 0.1) is 12.8 Å². The van der Waals surface area contributed by atoms with Crippen LogP contribution in [0, 0.1) is 17.8 Å². The lowest BCUT2D eigenvalue weighted by atomic mass is 9.93. The van der Waals surface area contributed by atoms with Crippen molar-refractivity contribution in [3.05, 3.63) is 24.4 Å². The van der Waals surface area contributed by atoms with Gasteiger partial charge in [-0.1, -0.05) is 12.2 Å². The molecule has 1 N–H and O–H groups in total. The van der Waals surface area contributed by atoms with Gasteiger partial charge in [-0.25, -0.2) is 4.98 Å². The molecule has 0 saturated heterocycles. The van der Waals surface area contributed by atoms with Gasteiger partial charge in [0.1, 0.15) is 5.69 Å². The maximum Gasteiger partial charge on any atom is 0.239 e. The van der Waals surface area contributed by atoms with Gasteiger partial charge in [-0.2, -0.15) is 0 Å². The van der Waals surface area contributed by atoms with Crippen LogP contribution in [0.4, 0.5) is 11.4 Å². The predicted molar refractivity (Wildman–Crippen MR) is 82.4 cm³/mol. The van der Waals surface area contributed by atoms with Crippen molar-refractivity contribution in [1.82, 2.24) is 4.98 Å². The Morgan fingerprint density at radius 2 is 2.20 bits per heavy atom. The smallest absolute Gasteiger partial charge is 0.239 e. The summed E-state index contributed by atoms with van der Waals surface area (Å²) in [6.07, 6.45) is 9.23. The summed E-state index contributed by atoms with van der Waals surface area (Å²) in [7, 11) is 5.76. The molecule has 3 atom stereocenters. The van der Waals surface area contributed by atoms with Gasteiger partial charge in [0.25, 0.3) is 0 Å². The van der Waals surface area contributed by atoms with Crippen LogP contribution in [0.1, 0.15) is 12.8 Å². The fourth-order valence-corrected chi connectivity index (χ4v) is 3.49. The van der Waals surface area contributed by atoms with Gasteiger partial charge >= 0.3 is 0 Å². The van der Waals surface area contributed by atoms with E-state index in [0.29, 0.717) is 5.88 Å². The molecule has 1 fully saturated rings. The topological polar surface area (TPSA) is 37.4 Å². The Labute approximate surface area is 120 Å². The van der Waals surface area contributed by atoms with Crippen LogP contribution in [-0.4, -0.2) is 32.7 Å². The Morgan fingerprint density at radius 1 is 1.35 bits per heavy atom. The maximum absolute atomic E-state index is 5.40. The number of pyridine rings is 1. The second-order valence-electron chi connectivity index (χ2n) is 6.03. The standard InChI is InChI=1S/C16H23N3O/c1-19(2)14-6-7-17-16(20-3)15(14)18-10-13-9-11-4-5-12(13)8-11/h4-7,11-13,18H,8-10H2,1-3H3. The fraction of sp³-hybridized carbons (Fsp3) is 0.562. The van der Waals surface area contributed by atoms with Gasteiger partial charge in [0.2, 0.25) is 5.88 Å². The first kappa shape index (κ1) is 13.3. The predicted octanol–water partition coefficient (Wildman–Crippen LogP) is 2.78. The molecule has 0 spiro atoms. The van der Waals surface area contributed by atoms with E-state index in [4.69, 9.17) is 4.74 Å². The van der Waals surface area contributed by atoms with Crippen molar-refractivity contribution >= 4 is 11.4 Å². The van der Waals surface area contributed by atoms with Gasteiger partial charge in [-0.15, -0.1) is 0 Å². The summed E-state index contributed by atoms with van der Waals surface area (Å²) in [5.41, 5.74) is 2.13. The number of aromatic nitrogens is 1. The number of fused-ring (bicyclic) bond motifs is 2. The molecule has 0 aliphatic heterocycles. The van der Waals surface area contributed by atoms with Crippen LogP contribution in [-0.2, 0) is 0 Å². The fourth-order valence-electron chi connectivity index (χ4n) is 3.49. The first-order valence-corrected chi connectivity index (χ1v) is 7.31. The van der Waals surface area contributed by atoms with E-state index < -0.39 is 0 Å². The molecule has 0 radical (unpaired) electrons. The molecule has 4 heteroatoms. The van der Waals surface area contributed by atoms with Crippen molar-refractivity contribution in [3.8, 4) is 5.88 Å². The van der Waals surface area contributed by atoms with Crippen molar-refractivity contribution in [2.75, 3.05) is 38.0 Å². The molecule has 0 amide bonds. The highest BCUT2D eigenvalue weighted by atomic mass is 16.5. The number of allylic oxidation sites excluding steroid dienone is 2. The molecule has 2 aliphatic carbocycles. The number of ether oxygens (including phenoxy) is 1. The number of nitrogens with zero attached hydrogens (tertiary/aromatic N) is 2. The average Bonchev–Trinajstić information content (AvgIpc) is 3.06. The first-order chi connectivity index (χ1) is 9.69. The largest absolute Gasteiger partial charge is 0.479 e. The third-order valence-corrected chi connectivity index (χ3v) is 4.53. The van der Waals surface area contributed by atoms with Crippen LogP contribution < -0.4 is 15.0 Å². The SMILES string of the molecule is COc1nccc(N(C)C)c1NCC1CC2C=CC1C2. The summed E-state index contributed by atoms with van der Waals surface area (Å²) < 4.78 is 5.40. The molecule has 4 nitrogen and oxygen atoms in total. The first-order valence-electron chi connectivity index (χ1n) is 7.31. The number of nitrogens with one attached hydrogen (secondary N) is 1. The van der Waals surface area contributed by atoms with Crippen molar-refractivity contribution < 1.29 is 4.74 Å². The molecule has 1 aromatic heterocycles. The molecular formula is C16H23N3O. The summed E-state index contributed by atoms with van der Waals surface area (Å²) in [5.74, 6) is 2.99. The van der Waals surface area contributed by atoms with Crippen molar-refractivity contribution in [2.45, 2.75) is 12.8 Å². The van der Waals surface area contributed by atoms with E-state index in [1.165, 1.54) is 12.8 Å². The van der Waals surface area contributed by atoms with Crippen molar-refractivity contribution in [3.63, 3.8) is 0 Å². The van der Waals surface area contributed by atoms with E-state index in [0.717, 1.165) is 35.7 Å². The zero-order valence-electron chi connectivity index (χ0n) is 12.5. The highest BCUT2D eigenvalue weighted by molar-refractivity contribution is 5.74. The van der Waals surface area contributed by atoms with Gasteiger partial charge < -0.3 is 15.0 Å². The zero-order chi connectivity index (χ0) is 14.1. The van der Waals surface area contributed by atoms with E-state index in [9.17, 15) is 0 Å². The van der Waals surface area contributed by atoms with Crippen LogP contribution in [0.5, 0.6) is 5.88 Å². The Kier molecular flexibility index (Phi) is 3.55. The third-order valence-electron chi connectivity index (χ3n) is 4.53. The summed E-state index contributed by atoms with van der Waals surface area (Å²) in [5, 5.41) is 3.58. The average molecular weight is 273 g/mol. The van der Waals surface area contributed by atoms with Crippen LogP contribution in [0.15, 0.2) is 24.4 Å². The van der Waals surface area contributed by atoms with Gasteiger partial charge in [0.15, 0.2) is 0 Å². The van der Waals surface area contributed by atoms with Crippen LogP contribution in [0.3, 0.4) is 0 Å². The molecule has 3 unspecified atom stereocenters. The van der Waals surface area contributed by atoms with E-state index >= 15 is 0 Å². The Morgan fingerprint density at radius 3 is 2.80 bits per heavy atom. The molecule has 3 rings (SSSR count). The second kappa shape index (κ2) is 5.35. The van der Waals surface area contributed by atoms with E-state index in [1.54, 1.807) is 13.3 Å². The van der Waals surface area contributed by atoms with E-state index in [1.807, 2.05) is 20.2 Å².